The summed E-state index contributed by atoms with van der Waals surface area (Å²) in [5, 5.41) is 1.33. The predicted octanol–water partition coefficient (Wildman–Crippen LogP) is 7.35. The zero-order valence-electron chi connectivity index (χ0n) is 19.3. The molecule has 0 saturated carbocycles. The summed E-state index contributed by atoms with van der Waals surface area (Å²) in [6, 6.07) is 6.72. The van der Waals surface area contributed by atoms with Crippen LogP contribution in [-0.4, -0.2) is 22.6 Å². The van der Waals surface area contributed by atoms with E-state index in [1.54, 1.807) is 0 Å². The molecule has 1 saturated heterocycles. The van der Waals surface area contributed by atoms with Gasteiger partial charge in [-0.3, -0.25) is 4.57 Å². The molecule has 4 heteroatoms. The molecule has 0 bridgehead atoms. The van der Waals surface area contributed by atoms with E-state index in [1.165, 1.54) is 64.8 Å². The third-order valence-electron chi connectivity index (χ3n) is 6.90. The van der Waals surface area contributed by atoms with Crippen LogP contribution in [0.25, 0.3) is 16.7 Å². The topological polar surface area (TPSA) is 21.1 Å². The SMILES string of the molecule is CCCC1CCN(c2cc(C)nc3c2c(C)c(C)n3-c2c(C)cc(Br)cc2C)CC1. The highest BCUT2D eigenvalue weighted by Gasteiger charge is 2.25. The molecule has 1 aromatic carbocycles. The van der Waals surface area contributed by atoms with Gasteiger partial charge in [-0.05, 0) is 88.3 Å². The van der Waals surface area contributed by atoms with Crippen LogP contribution in [-0.2, 0) is 0 Å². The number of benzene rings is 1. The van der Waals surface area contributed by atoms with Crippen LogP contribution in [0.2, 0.25) is 0 Å². The maximum absolute atomic E-state index is 5.06. The van der Waals surface area contributed by atoms with E-state index in [1.807, 2.05) is 0 Å². The van der Waals surface area contributed by atoms with Crippen LogP contribution in [0.3, 0.4) is 0 Å². The van der Waals surface area contributed by atoms with Gasteiger partial charge in [0.05, 0.1) is 5.69 Å². The summed E-state index contributed by atoms with van der Waals surface area (Å²) in [6.07, 6.45) is 5.28. The van der Waals surface area contributed by atoms with Gasteiger partial charge in [0.15, 0.2) is 0 Å². The number of hydrogen-bond donors (Lipinski definition) is 0. The Morgan fingerprint density at radius 2 is 1.63 bits per heavy atom. The van der Waals surface area contributed by atoms with Gasteiger partial charge in [-0.15, -0.1) is 0 Å². The minimum absolute atomic E-state index is 0.894. The lowest BCUT2D eigenvalue weighted by atomic mass is 9.92. The van der Waals surface area contributed by atoms with E-state index < -0.39 is 0 Å². The van der Waals surface area contributed by atoms with Crippen molar-refractivity contribution >= 4 is 32.7 Å². The Morgan fingerprint density at radius 3 is 2.23 bits per heavy atom. The quantitative estimate of drug-likeness (QED) is 0.399. The minimum atomic E-state index is 0.894. The molecule has 160 valence electrons. The summed E-state index contributed by atoms with van der Waals surface area (Å²) in [4.78, 5) is 7.68. The molecule has 1 aliphatic rings. The van der Waals surface area contributed by atoms with Crippen molar-refractivity contribution in [3.8, 4) is 5.69 Å². The number of halogens is 1. The molecule has 0 amide bonds. The molecule has 1 fully saturated rings. The molecule has 0 unspecified atom stereocenters. The minimum Gasteiger partial charge on any atom is -0.371 e. The molecule has 3 aromatic rings. The number of hydrogen-bond acceptors (Lipinski definition) is 2. The molecule has 0 N–H and O–H groups in total. The van der Waals surface area contributed by atoms with Crippen molar-refractivity contribution in [1.29, 1.82) is 0 Å². The van der Waals surface area contributed by atoms with Crippen molar-refractivity contribution in [2.45, 2.75) is 67.2 Å². The molecule has 3 heterocycles. The van der Waals surface area contributed by atoms with Gasteiger partial charge < -0.3 is 4.90 Å². The van der Waals surface area contributed by atoms with Gasteiger partial charge in [-0.25, -0.2) is 4.98 Å². The zero-order chi connectivity index (χ0) is 21.6. The predicted molar refractivity (Wildman–Crippen MR) is 132 cm³/mol. The van der Waals surface area contributed by atoms with Crippen molar-refractivity contribution in [3.63, 3.8) is 0 Å². The molecule has 1 aliphatic heterocycles. The molecule has 0 aliphatic carbocycles. The van der Waals surface area contributed by atoms with E-state index in [9.17, 15) is 0 Å². The number of rotatable bonds is 4. The van der Waals surface area contributed by atoms with Gasteiger partial charge in [0, 0.05) is 40.0 Å². The van der Waals surface area contributed by atoms with Crippen LogP contribution in [0.1, 0.15) is 60.7 Å². The number of aromatic nitrogens is 2. The third-order valence-corrected chi connectivity index (χ3v) is 7.36. The van der Waals surface area contributed by atoms with Crippen LogP contribution >= 0.6 is 15.9 Å². The van der Waals surface area contributed by atoms with Gasteiger partial charge in [0.25, 0.3) is 0 Å². The Balaban J connectivity index is 1.88. The second kappa shape index (κ2) is 8.37. The van der Waals surface area contributed by atoms with Gasteiger partial charge in [0.1, 0.15) is 5.65 Å². The standard InChI is InChI=1S/C26H34BrN3/c1-7-8-21-9-11-29(12-10-21)23-15-18(4)28-26-24(23)19(5)20(6)30(26)25-16(2)13-22(27)14-17(25)3/h13-15,21H,7-12H2,1-6H3. The summed E-state index contributed by atoms with van der Waals surface area (Å²) < 4.78 is 3.52. The second-order valence-electron chi connectivity index (χ2n) is 9.13. The molecule has 2 aromatic heterocycles. The fraction of sp³-hybridized carbons (Fsp3) is 0.500. The fourth-order valence-corrected chi connectivity index (χ4v) is 6.01. The highest BCUT2D eigenvalue weighted by atomic mass is 79.9. The molecule has 0 spiro atoms. The molecule has 30 heavy (non-hydrogen) atoms. The van der Waals surface area contributed by atoms with Crippen molar-refractivity contribution in [2.24, 2.45) is 5.92 Å². The lowest BCUT2D eigenvalue weighted by Crippen LogP contribution is -2.33. The zero-order valence-corrected chi connectivity index (χ0v) is 20.9. The van der Waals surface area contributed by atoms with Crippen LogP contribution in [0.15, 0.2) is 22.7 Å². The first-order valence-corrected chi connectivity index (χ1v) is 12.1. The summed E-state index contributed by atoms with van der Waals surface area (Å²) >= 11 is 3.65. The highest BCUT2D eigenvalue weighted by Crippen LogP contribution is 2.38. The van der Waals surface area contributed by atoms with Gasteiger partial charge in [0.2, 0.25) is 0 Å². The number of anilines is 1. The molecule has 3 nitrogen and oxygen atoms in total. The number of piperidine rings is 1. The third kappa shape index (κ3) is 3.68. The van der Waals surface area contributed by atoms with Gasteiger partial charge in [-0.2, -0.15) is 0 Å². The highest BCUT2D eigenvalue weighted by molar-refractivity contribution is 9.10. The molecular weight excluding hydrogens is 434 g/mol. The van der Waals surface area contributed by atoms with Gasteiger partial charge >= 0.3 is 0 Å². The van der Waals surface area contributed by atoms with Crippen LogP contribution in [0, 0.1) is 40.5 Å². The smallest absolute Gasteiger partial charge is 0.147 e. The number of pyridine rings is 1. The molecule has 4 rings (SSSR count). The molecular formula is C26H34BrN3. The Kier molecular flexibility index (Phi) is 5.98. The lowest BCUT2D eigenvalue weighted by Gasteiger charge is -2.34. The van der Waals surface area contributed by atoms with Crippen LogP contribution < -0.4 is 4.90 Å². The Hall–Kier alpha value is -1.81. The average Bonchev–Trinajstić information content (AvgIpc) is 2.92. The second-order valence-corrected chi connectivity index (χ2v) is 10.1. The first-order valence-electron chi connectivity index (χ1n) is 11.3. The van der Waals surface area contributed by atoms with E-state index in [0.29, 0.717) is 0 Å². The first-order chi connectivity index (χ1) is 14.3. The maximum atomic E-state index is 5.06. The monoisotopic (exact) mass is 467 g/mol. The Bertz CT molecular complexity index is 1060. The van der Waals surface area contributed by atoms with Crippen LogP contribution in [0.5, 0.6) is 0 Å². The summed E-state index contributed by atoms with van der Waals surface area (Å²) in [5.74, 6) is 0.894. The van der Waals surface area contributed by atoms with E-state index in [4.69, 9.17) is 4.98 Å². The van der Waals surface area contributed by atoms with E-state index in [2.05, 4.69) is 85.1 Å². The lowest BCUT2D eigenvalue weighted by molar-refractivity contribution is 0.379. The number of fused-ring (bicyclic) bond motifs is 1. The van der Waals surface area contributed by atoms with Crippen molar-refractivity contribution in [2.75, 3.05) is 18.0 Å². The largest absolute Gasteiger partial charge is 0.371 e. The van der Waals surface area contributed by atoms with Crippen molar-refractivity contribution < 1.29 is 0 Å². The van der Waals surface area contributed by atoms with E-state index in [-0.39, 0.29) is 0 Å². The van der Waals surface area contributed by atoms with Crippen molar-refractivity contribution in [3.05, 3.63) is 50.8 Å². The first kappa shape index (κ1) is 21.4. The Morgan fingerprint density at radius 1 is 1.00 bits per heavy atom. The molecule has 0 radical (unpaired) electrons. The van der Waals surface area contributed by atoms with E-state index >= 15 is 0 Å². The summed E-state index contributed by atoms with van der Waals surface area (Å²) in [5.41, 5.74) is 10.0. The van der Waals surface area contributed by atoms with Crippen molar-refractivity contribution in [1.82, 2.24) is 9.55 Å². The summed E-state index contributed by atoms with van der Waals surface area (Å²) in [6.45, 7) is 15.7. The maximum Gasteiger partial charge on any atom is 0.147 e. The summed E-state index contributed by atoms with van der Waals surface area (Å²) in [7, 11) is 0. The fourth-order valence-electron chi connectivity index (χ4n) is 5.32. The number of aryl methyl sites for hydroxylation is 4. The normalized spacial score (nSPS) is 15.4. The molecule has 0 atom stereocenters. The van der Waals surface area contributed by atoms with Gasteiger partial charge in [-0.1, -0.05) is 35.7 Å². The van der Waals surface area contributed by atoms with Crippen LogP contribution in [0.4, 0.5) is 5.69 Å². The average molecular weight is 468 g/mol. The Labute approximate surface area is 189 Å². The number of nitrogens with zero attached hydrogens (tertiary/aromatic N) is 3. The van der Waals surface area contributed by atoms with E-state index in [0.717, 1.165) is 34.8 Å².